The van der Waals surface area contributed by atoms with Gasteiger partial charge in [-0.05, 0) is 51.3 Å². The van der Waals surface area contributed by atoms with Gasteiger partial charge in [-0.15, -0.1) is 0 Å². The van der Waals surface area contributed by atoms with E-state index in [1.54, 1.807) is 19.1 Å². The Hall–Kier alpha value is -3.63. The van der Waals surface area contributed by atoms with Crippen LogP contribution in [0.25, 0.3) is 16.0 Å². The van der Waals surface area contributed by atoms with Gasteiger partial charge in [0.2, 0.25) is 5.88 Å². The Morgan fingerprint density at radius 3 is 2.48 bits per heavy atom. The molecular formula is C25H25ClN4O3. The average Bonchev–Trinajstić information content (AvgIpc) is 2.72. The summed E-state index contributed by atoms with van der Waals surface area (Å²) in [5.41, 5.74) is 2.73. The molecule has 2 aromatic carbocycles. The molecule has 0 radical (unpaired) electrons. The number of ether oxygens (including phenoxy) is 2. The quantitative estimate of drug-likeness (QED) is 0.332. The van der Waals surface area contributed by atoms with Crippen molar-refractivity contribution >= 4 is 23.4 Å². The number of hydrogen-bond acceptors (Lipinski definition) is 5. The zero-order valence-electron chi connectivity index (χ0n) is 19.0. The minimum absolute atomic E-state index is 0.282. The van der Waals surface area contributed by atoms with Gasteiger partial charge in [0.25, 0.3) is 0 Å². The fourth-order valence-electron chi connectivity index (χ4n) is 3.05. The number of hydrogen-bond donors (Lipinski definition) is 1. The van der Waals surface area contributed by atoms with Crippen molar-refractivity contribution < 1.29 is 14.3 Å². The lowest BCUT2D eigenvalue weighted by Gasteiger charge is -2.19. The van der Waals surface area contributed by atoms with Crippen molar-refractivity contribution in [2.75, 3.05) is 6.54 Å². The number of carbonyl (C=O) groups excluding carboxylic acids is 1. The normalized spacial score (nSPS) is 10.9. The number of amides is 1. The third kappa shape index (κ3) is 7.19. The minimum atomic E-state index is -0.524. The highest BCUT2D eigenvalue weighted by molar-refractivity contribution is 6.29. The van der Waals surface area contributed by atoms with Crippen LogP contribution in [0, 0.1) is 13.5 Å². The molecule has 1 amide bonds. The van der Waals surface area contributed by atoms with Gasteiger partial charge in [-0.25, -0.2) is 14.6 Å². The highest BCUT2D eigenvalue weighted by atomic mass is 35.5. The van der Waals surface area contributed by atoms with Crippen LogP contribution >= 0.6 is 11.6 Å². The molecule has 0 saturated carbocycles. The number of halogens is 1. The second-order valence-corrected chi connectivity index (χ2v) is 8.73. The second-order valence-electron chi connectivity index (χ2n) is 8.35. The summed E-state index contributed by atoms with van der Waals surface area (Å²) in [7, 11) is 0. The van der Waals surface area contributed by atoms with Gasteiger partial charge in [-0.3, -0.25) is 0 Å². The standard InChI is InChI=1S/C25H25ClN4O3/c1-16-29-22(26)15-23(30-16)32-21-14-19(27-5)10-11-20(21)18-8-6-17(7-9-18)12-13-28-24(31)33-25(2,3)4/h6-11,14-15H,12-13H2,1-4H3,(H,28,31). The Kier molecular flexibility index (Phi) is 7.52. The first-order chi connectivity index (χ1) is 15.6. The Labute approximate surface area is 198 Å². The maximum Gasteiger partial charge on any atom is 0.407 e. The third-order valence-electron chi connectivity index (χ3n) is 4.44. The van der Waals surface area contributed by atoms with Crippen molar-refractivity contribution in [1.82, 2.24) is 15.3 Å². The number of benzene rings is 2. The molecule has 1 N–H and O–H groups in total. The summed E-state index contributed by atoms with van der Waals surface area (Å²) in [4.78, 5) is 23.6. The molecule has 0 spiro atoms. The molecule has 0 unspecified atom stereocenters. The number of nitrogens with one attached hydrogen (secondary N) is 1. The predicted octanol–water partition coefficient (Wildman–Crippen LogP) is 6.52. The summed E-state index contributed by atoms with van der Waals surface area (Å²) >= 11 is 6.03. The zero-order chi connectivity index (χ0) is 24.0. The van der Waals surface area contributed by atoms with Crippen molar-refractivity contribution in [2.45, 2.75) is 39.7 Å². The van der Waals surface area contributed by atoms with E-state index in [2.05, 4.69) is 20.1 Å². The molecule has 0 atom stereocenters. The van der Waals surface area contributed by atoms with E-state index >= 15 is 0 Å². The lowest BCUT2D eigenvalue weighted by Crippen LogP contribution is -2.33. The fraction of sp³-hybridized carbons (Fsp3) is 0.280. The van der Waals surface area contributed by atoms with E-state index in [9.17, 15) is 4.79 Å². The summed E-state index contributed by atoms with van der Waals surface area (Å²) in [5, 5.41) is 3.04. The van der Waals surface area contributed by atoms with Crippen molar-refractivity contribution in [2.24, 2.45) is 0 Å². The number of rotatable bonds is 6. The summed E-state index contributed by atoms with van der Waals surface area (Å²) in [6, 6.07) is 14.7. The maximum atomic E-state index is 11.8. The number of carbonyl (C=O) groups is 1. The zero-order valence-corrected chi connectivity index (χ0v) is 19.7. The van der Waals surface area contributed by atoms with E-state index in [0.29, 0.717) is 36.1 Å². The minimum Gasteiger partial charge on any atom is -0.444 e. The van der Waals surface area contributed by atoms with Crippen molar-refractivity contribution in [3.05, 3.63) is 76.5 Å². The molecule has 8 heteroatoms. The van der Waals surface area contributed by atoms with Crippen LogP contribution in [0.5, 0.6) is 11.6 Å². The van der Waals surface area contributed by atoms with Gasteiger partial charge >= 0.3 is 6.09 Å². The Balaban J connectivity index is 1.75. The first kappa shape index (κ1) is 24.0. The SMILES string of the molecule is [C-]#[N+]c1ccc(-c2ccc(CCNC(=O)OC(C)(C)C)cc2)c(Oc2cc(Cl)nc(C)n2)c1. The van der Waals surface area contributed by atoms with E-state index in [-0.39, 0.29) is 5.15 Å². The van der Waals surface area contributed by atoms with E-state index in [1.165, 1.54) is 6.07 Å². The van der Waals surface area contributed by atoms with Crippen LogP contribution in [0.4, 0.5) is 10.5 Å². The summed E-state index contributed by atoms with van der Waals surface area (Å²) in [6.45, 7) is 15.0. The van der Waals surface area contributed by atoms with Crippen molar-refractivity contribution in [1.29, 1.82) is 0 Å². The molecular weight excluding hydrogens is 440 g/mol. The van der Waals surface area contributed by atoms with E-state index in [4.69, 9.17) is 27.6 Å². The van der Waals surface area contributed by atoms with Crippen LogP contribution in [-0.4, -0.2) is 28.2 Å². The van der Waals surface area contributed by atoms with Gasteiger partial charge in [0.1, 0.15) is 22.3 Å². The molecule has 0 aliphatic carbocycles. The largest absolute Gasteiger partial charge is 0.444 e. The maximum absolute atomic E-state index is 11.8. The van der Waals surface area contributed by atoms with Crippen LogP contribution < -0.4 is 10.1 Å². The summed E-state index contributed by atoms with van der Waals surface area (Å²) < 4.78 is 11.2. The molecule has 1 aromatic heterocycles. The highest BCUT2D eigenvalue weighted by Gasteiger charge is 2.15. The van der Waals surface area contributed by atoms with Crippen molar-refractivity contribution in [3.8, 4) is 22.8 Å². The topological polar surface area (TPSA) is 77.7 Å². The first-order valence-corrected chi connectivity index (χ1v) is 10.8. The third-order valence-corrected chi connectivity index (χ3v) is 4.63. The molecule has 0 aliphatic rings. The fourth-order valence-corrected chi connectivity index (χ4v) is 3.26. The lowest BCUT2D eigenvalue weighted by atomic mass is 10.0. The molecule has 0 saturated heterocycles. The molecule has 170 valence electrons. The summed E-state index contributed by atoms with van der Waals surface area (Å²) in [5.74, 6) is 1.29. The molecule has 7 nitrogen and oxygen atoms in total. The van der Waals surface area contributed by atoms with Gasteiger partial charge in [-0.2, -0.15) is 4.98 Å². The molecule has 0 aliphatic heterocycles. The molecule has 0 bridgehead atoms. The lowest BCUT2D eigenvalue weighted by molar-refractivity contribution is 0.0528. The number of alkyl carbamates (subject to hydrolysis) is 1. The van der Waals surface area contributed by atoms with E-state index in [0.717, 1.165) is 16.7 Å². The molecule has 33 heavy (non-hydrogen) atoms. The highest BCUT2D eigenvalue weighted by Crippen LogP contribution is 2.36. The van der Waals surface area contributed by atoms with Crippen molar-refractivity contribution in [3.63, 3.8) is 0 Å². The van der Waals surface area contributed by atoms with Crippen LogP contribution in [0.1, 0.15) is 32.2 Å². The number of nitrogens with zero attached hydrogens (tertiary/aromatic N) is 3. The molecule has 3 rings (SSSR count). The van der Waals surface area contributed by atoms with Crippen LogP contribution in [0.15, 0.2) is 48.5 Å². The monoisotopic (exact) mass is 464 g/mol. The van der Waals surface area contributed by atoms with E-state index < -0.39 is 11.7 Å². The van der Waals surface area contributed by atoms with Crippen LogP contribution in [0.2, 0.25) is 5.15 Å². The van der Waals surface area contributed by atoms with E-state index in [1.807, 2.05) is 51.1 Å². The van der Waals surface area contributed by atoms with Crippen LogP contribution in [0.3, 0.4) is 0 Å². The average molecular weight is 465 g/mol. The number of aryl methyl sites for hydroxylation is 1. The van der Waals surface area contributed by atoms with Gasteiger partial charge < -0.3 is 14.8 Å². The summed E-state index contributed by atoms with van der Waals surface area (Å²) in [6.07, 6.45) is 0.235. The number of aromatic nitrogens is 2. The molecule has 0 fully saturated rings. The van der Waals surface area contributed by atoms with Gasteiger partial charge in [0, 0.05) is 18.2 Å². The predicted molar refractivity (Wildman–Crippen MR) is 128 cm³/mol. The Morgan fingerprint density at radius 1 is 1.12 bits per heavy atom. The second kappa shape index (κ2) is 10.3. The molecule has 3 aromatic rings. The Bertz CT molecular complexity index is 1160. The van der Waals surface area contributed by atoms with Gasteiger partial charge in [0.05, 0.1) is 6.57 Å². The smallest absolute Gasteiger partial charge is 0.407 e. The molecule has 1 heterocycles. The van der Waals surface area contributed by atoms with Gasteiger partial charge in [0.15, 0.2) is 5.69 Å². The first-order valence-electron chi connectivity index (χ1n) is 10.4. The van der Waals surface area contributed by atoms with Gasteiger partial charge in [-0.1, -0.05) is 48.0 Å². The Morgan fingerprint density at radius 2 is 1.85 bits per heavy atom. The van der Waals surface area contributed by atoms with Crippen LogP contribution in [-0.2, 0) is 11.2 Å².